The zero-order valence-corrected chi connectivity index (χ0v) is 9.01. The van der Waals surface area contributed by atoms with Gasteiger partial charge in [0.2, 0.25) is 0 Å². The van der Waals surface area contributed by atoms with Crippen molar-refractivity contribution >= 4 is 16.0 Å². The second-order valence-corrected chi connectivity index (χ2v) is 5.16. The van der Waals surface area contributed by atoms with Crippen LogP contribution in [0.3, 0.4) is 0 Å². The molecule has 1 fully saturated rings. The van der Waals surface area contributed by atoms with E-state index in [1.807, 2.05) is 6.08 Å². The van der Waals surface area contributed by atoms with Crippen LogP contribution in [0.1, 0.15) is 25.7 Å². The average molecular weight is 169 g/mol. The summed E-state index contributed by atoms with van der Waals surface area (Å²) in [5.74, 6) is 0. The molecule has 1 aliphatic carbocycles. The van der Waals surface area contributed by atoms with Crippen LogP contribution in [-0.2, 0) is 0 Å². The predicted molar refractivity (Wildman–Crippen MR) is 50.5 cm³/mol. The molecule has 3 heteroatoms. The van der Waals surface area contributed by atoms with Crippen LogP contribution in [-0.4, -0.2) is 21.2 Å². The van der Waals surface area contributed by atoms with Crippen LogP contribution in [0.2, 0.25) is 5.04 Å². The maximum Gasteiger partial charge on any atom is 0.0631 e. The summed E-state index contributed by atoms with van der Waals surface area (Å²) in [7, 11) is 1.01. The summed E-state index contributed by atoms with van der Waals surface area (Å²) < 4.78 is 0. The molecule has 1 saturated carbocycles. The van der Waals surface area contributed by atoms with Gasteiger partial charge in [0, 0.05) is 15.3 Å². The minimum Gasteiger partial charge on any atom is -0.411 e. The minimum atomic E-state index is 0.0903. The van der Waals surface area contributed by atoms with Crippen LogP contribution in [0.5, 0.6) is 0 Å². The molecule has 0 amide bonds. The van der Waals surface area contributed by atoms with Crippen molar-refractivity contribution in [3.05, 3.63) is 12.7 Å². The van der Waals surface area contributed by atoms with Crippen molar-refractivity contribution in [3.63, 3.8) is 0 Å². The molecule has 1 N–H and O–H groups in total. The minimum absolute atomic E-state index is 0.0903. The fourth-order valence-corrected chi connectivity index (χ4v) is 2.30. The third-order valence-corrected chi connectivity index (χ3v) is 4.08. The van der Waals surface area contributed by atoms with Gasteiger partial charge in [0.05, 0.1) is 5.71 Å². The first-order valence-electron chi connectivity index (χ1n) is 4.08. The topological polar surface area (TPSA) is 32.6 Å². The van der Waals surface area contributed by atoms with Crippen LogP contribution < -0.4 is 0 Å². The number of oxime groups is 1. The highest BCUT2D eigenvalue weighted by molar-refractivity contribution is 6.31. The summed E-state index contributed by atoms with van der Waals surface area (Å²) in [4.78, 5) is 0. The highest BCUT2D eigenvalue weighted by Crippen LogP contribution is 2.38. The molecule has 0 heterocycles. The lowest BCUT2D eigenvalue weighted by Crippen LogP contribution is -2.25. The Labute approximate surface area is 70.4 Å². The average Bonchev–Trinajstić information content (AvgIpc) is 2.05. The van der Waals surface area contributed by atoms with E-state index in [-0.39, 0.29) is 5.04 Å². The van der Waals surface area contributed by atoms with E-state index in [2.05, 4.69) is 11.7 Å². The summed E-state index contributed by atoms with van der Waals surface area (Å²) in [5.41, 5.74) is 0.949. The van der Waals surface area contributed by atoms with Gasteiger partial charge in [-0.25, -0.2) is 0 Å². The molecule has 0 aliphatic heterocycles. The number of allylic oxidation sites excluding steroid dienone is 1. The lowest BCUT2D eigenvalue weighted by molar-refractivity contribution is 0.312. The maximum absolute atomic E-state index is 8.72. The first-order valence-corrected chi connectivity index (χ1v) is 5.08. The zero-order valence-electron chi connectivity index (χ0n) is 7.01. The monoisotopic (exact) mass is 169 g/mol. The summed E-state index contributed by atoms with van der Waals surface area (Å²) >= 11 is 0. The fraction of sp³-hybridized carbons (Fsp3) is 0.625. The smallest absolute Gasteiger partial charge is 0.0631 e. The Morgan fingerprint density at radius 1 is 1.64 bits per heavy atom. The van der Waals surface area contributed by atoms with E-state index in [0.717, 1.165) is 35.2 Å². The number of hydrogen-bond donors (Lipinski definition) is 1. The third-order valence-electron chi connectivity index (χ3n) is 2.59. The van der Waals surface area contributed by atoms with Crippen LogP contribution in [0.4, 0.5) is 0 Å². The molecule has 0 radical (unpaired) electrons. The Hall–Kier alpha value is -0.573. The molecule has 0 aromatic carbocycles. The zero-order chi connectivity index (χ0) is 8.32. The van der Waals surface area contributed by atoms with E-state index in [4.69, 9.17) is 5.21 Å². The molecule has 0 spiro atoms. The van der Waals surface area contributed by atoms with Crippen molar-refractivity contribution < 1.29 is 5.21 Å². The lowest BCUT2D eigenvalue weighted by Gasteiger charge is -2.30. The van der Waals surface area contributed by atoms with Gasteiger partial charge in [-0.2, -0.15) is 0 Å². The predicted octanol–water partition coefficient (Wildman–Crippen LogP) is 1.10. The van der Waals surface area contributed by atoms with Crippen molar-refractivity contribution in [1.29, 1.82) is 0 Å². The maximum atomic E-state index is 8.72. The largest absolute Gasteiger partial charge is 0.411 e. The Kier molecular flexibility index (Phi) is 2.49. The SMILES string of the molecule is C=CC1([SiH3])CCCCC1=NO. The Balaban J connectivity index is 2.82. The molecule has 1 unspecified atom stereocenters. The van der Waals surface area contributed by atoms with Crippen LogP contribution >= 0.6 is 0 Å². The third kappa shape index (κ3) is 1.53. The van der Waals surface area contributed by atoms with Gasteiger partial charge >= 0.3 is 0 Å². The fourth-order valence-electron chi connectivity index (χ4n) is 1.60. The first kappa shape index (κ1) is 8.52. The molecular weight excluding hydrogens is 154 g/mol. The van der Waals surface area contributed by atoms with Crippen molar-refractivity contribution in [2.45, 2.75) is 30.7 Å². The lowest BCUT2D eigenvalue weighted by atomic mass is 9.86. The second-order valence-electron chi connectivity index (χ2n) is 3.38. The normalized spacial score (nSPS) is 35.8. The van der Waals surface area contributed by atoms with Gasteiger partial charge in [0.1, 0.15) is 0 Å². The highest BCUT2D eigenvalue weighted by Gasteiger charge is 2.30. The summed E-state index contributed by atoms with van der Waals surface area (Å²) in [6.07, 6.45) is 6.44. The molecule has 1 aliphatic rings. The Morgan fingerprint density at radius 2 is 2.36 bits per heavy atom. The van der Waals surface area contributed by atoms with E-state index >= 15 is 0 Å². The molecule has 1 rings (SSSR count). The van der Waals surface area contributed by atoms with Crippen LogP contribution in [0.15, 0.2) is 17.8 Å². The van der Waals surface area contributed by atoms with Gasteiger partial charge in [-0.1, -0.05) is 17.7 Å². The summed E-state index contributed by atoms with van der Waals surface area (Å²) in [6, 6.07) is 0. The van der Waals surface area contributed by atoms with Gasteiger partial charge < -0.3 is 5.21 Å². The van der Waals surface area contributed by atoms with Crippen molar-refractivity contribution in [1.82, 2.24) is 0 Å². The molecule has 11 heavy (non-hydrogen) atoms. The van der Waals surface area contributed by atoms with Crippen molar-refractivity contribution in [3.8, 4) is 0 Å². The van der Waals surface area contributed by atoms with Gasteiger partial charge in [0.25, 0.3) is 0 Å². The van der Waals surface area contributed by atoms with E-state index in [1.165, 1.54) is 6.42 Å². The van der Waals surface area contributed by atoms with Gasteiger partial charge in [-0.15, -0.1) is 6.58 Å². The highest BCUT2D eigenvalue weighted by atomic mass is 28.1. The number of nitrogens with zero attached hydrogens (tertiary/aromatic N) is 1. The van der Waals surface area contributed by atoms with Gasteiger partial charge in [0.15, 0.2) is 0 Å². The molecule has 0 bridgehead atoms. The Morgan fingerprint density at radius 3 is 2.82 bits per heavy atom. The Bertz CT molecular complexity index is 191. The first-order chi connectivity index (χ1) is 5.23. The van der Waals surface area contributed by atoms with Crippen molar-refractivity contribution in [2.75, 3.05) is 0 Å². The van der Waals surface area contributed by atoms with Crippen molar-refractivity contribution in [2.24, 2.45) is 5.16 Å². The van der Waals surface area contributed by atoms with E-state index in [1.54, 1.807) is 0 Å². The molecule has 0 saturated heterocycles. The number of hydrogen-bond acceptors (Lipinski definition) is 2. The molecule has 62 valence electrons. The molecule has 0 aromatic heterocycles. The molecule has 1 atom stereocenters. The summed E-state index contributed by atoms with van der Waals surface area (Å²) in [5, 5.41) is 12.2. The van der Waals surface area contributed by atoms with Gasteiger partial charge in [-0.3, -0.25) is 0 Å². The molecule has 2 nitrogen and oxygen atoms in total. The second kappa shape index (κ2) is 3.22. The van der Waals surface area contributed by atoms with Crippen LogP contribution in [0, 0.1) is 0 Å². The van der Waals surface area contributed by atoms with E-state index < -0.39 is 0 Å². The summed E-state index contributed by atoms with van der Waals surface area (Å²) in [6.45, 7) is 3.80. The standard InChI is InChI=1S/C8H15NOSi/c1-2-8(11)6-4-3-5-7(8)9-10/h2,10H,1,3-6H2,11H3. The van der Waals surface area contributed by atoms with Crippen LogP contribution in [0.25, 0.3) is 0 Å². The van der Waals surface area contributed by atoms with Gasteiger partial charge in [-0.05, 0) is 19.3 Å². The number of rotatable bonds is 1. The van der Waals surface area contributed by atoms with E-state index in [0.29, 0.717) is 0 Å². The van der Waals surface area contributed by atoms with E-state index in [9.17, 15) is 0 Å². The molecular formula is C8H15NOSi. The molecule has 0 aromatic rings. The quantitative estimate of drug-likeness (QED) is 0.271.